The van der Waals surface area contributed by atoms with Gasteiger partial charge in [0.2, 0.25) is 5.91 Å². The molecule has 0 spiro atoms. The molecule has 0 aliphatic rings. The van der Waals surface area contributed by atoms with E-state index in [4.69, 9.17) is 5.26 Å². The Labute approximate surface area is 171 Å². The molecule has 0 fully saturated rings. The summed E-state index contributed by atoms with van der Waals surface area (Å²) in [4.78, 5) is 29.3. The molecule has 30 heavy (non-hydrogen) atoms. The van der Waals surface area contributed by atoms with Crippen LogP contribution in [-0.2, 0) is 17.9 Å². The molecule has 1 amide bonds. The number of hydrogen-bond acceptors (Lipinski definition) is 6. The number of fused-ring (bicyclic) bond motifs is 1. The van der Waals surface area contributed by atoms with Crippen LogP contribution in [0.2, 0.25) is 0 Å². The molecular formula is C21H17N7O2. The zero-order chi connectivity index (χ0) is 21.1. The SMILES string of the molecule is Cc1ccc(Cn2nnc3c(=O)n(CC(=O)Nc4cccc(C#N)c4)cnc32)cc1. The third-order valence-corrected chi connectivity index (χ3v) is 4.53. The summed E-state index contributed by atoms with van der Waals surface area (Å²) in [5.41, 5.74) is 3.08. The zero-order valence-corrected chi connectivity index (χ0v) is 16.1. The van der Waals surface area contributed by atoms with Gasteiger partial charge in [-0.25, -0.2) is 9.67 Å². The molecule has 4 rings (SSSR count). The van der Waals surface area contributed by atoms with Crippen molar-refractivity contribution in [2.45, 2.75) is 20.0 Å². The number of aryl methyl sites for hydroxylation is 1. The maximum absolute atomic E-state index is 12.7. The number of nitriles is 1. The lowest BCUT2D eigenvalue weighted by Crippen LogP contribution is -2.28. The molecule has 9 heteroatoms. The lowest BCUT2D eigenvalue weighted by Gasteiger charge is -2.07. The summed E-state index contributed by atoms with van der Waals surface area (Å²) < 4.78 is 2.73. The third kappa shape index (κ3) is 3.93. The van der Waals surface area contributed by atoms with E-state index in [1.54, 1.807) is 28.9 Å². The van der Waals surface area contributed by atoms with Crippen molar-refractivity contribution in [3.8, 4) is 6.07 Å². The van der Waals surface area contributed by atoms with Crippen LogP contribution in [0.1, 0.15) is 16.7 Å². The van der Waals surface area contributed by atoms with Gasteiger partial charge >= 0.3 is 0 Å². The van der Waals surface area contributed by atoms with Crippen LogP contribution in [0.25, 0.3) is 11.2 Å². The fourth-order valence-electron chi connectivity index (χ4n) is 2.99. The average Bonchev–Trinajstić information content (AvgIpc) is 3.15. The van der Waals surface area contributed by atoms with Gasteiger partial charge in [0.15, 0.2) is 11.2 Å². The minimum atomic E-state index is -0.448. The molecule has 9 nitrogen and oxygen atoms in total. The number of carbonyl (C=O) groups is 1. The molecule has 4 aromatic rings. The topological polar surface area (TPSA) is 118 Å². The first-order valence-corrected chi connectivity index (χ1v) is 9.17. The van der Waals surface area contributed by atoms with Crippen LogP contribution in [0.5, 0.6) is 0 Å². The third-order valence-electron chi connectivity index (χ3n) is 4.53. The number of hydrogen-bond donors (Lipinski definition) is 1. The quantitative estimate of drug-likeness (QED) is 0.547. The van der Waals surface area contributed by atoms with E-state index in [1.165, 1.54) is 10.9 Å². The second-order valence-electron chi connectivity index (χ2n) is 6.82. The molecule has 0 atom stereocenters. The molecule has 2 heterocycles. The summed E-state index contributed by atoms with van der Waals surface area (Å²) in [6.45, 7) is 2.21. The highest BCUT2D eigenvalue weighted by Crippen LogP contribution is 2.11. The van der Waals surface area contributed by atoms with Crippen molar-refractivity contribution in [2.75, 3.05) is 5.32 Å². The van der Waals surface area contributed by atoms with E-state index >= 15 is 0 Å². The van der Waals surface area contributed by atoms with Gasteiger partial charge in [-0.05, 0) is 30.7 Å². The average molecular weight is 399 g/mol. The number of nitrogens with zero attached hydrogens (tertiary/aromatic N) is 6. The molecule has 148 valence electrons. The molecule has 0 saturated carbocycles. The van der Waals surface area contributed by atoms with E-state index in [1.807, 2.05) is 37.3 Å². The Balaban J connectivity index is 1.53. The Kier molecular flexibility index (Phi) is 5.05. The van der Waals surface area contributed by atoms with Crippen LogP contribution < -0.4 is 10.9 Å². The van der Waals surface area contributed by atoms with Crippen molar-refractivity contribution in [3.05, 3.63) is 81.9 Å². The molecule has 0 aliphatic carbocycles. The summed E-state index contributed by atoms with van der Waals surface area (Å²) in [6.07, 6.45) is 1.31. The lowest BCUT2D eigenvalue weighted by molar-refractivity contribution is -0.116. The summed E-state index contributed by atoms with van der Waals surface area (Å²) in [6, 6.07) is 16.5. The number of aromatic nitrogens is 5. The van der Waals surface area contributed by atoms with Crippen LogP contribution in [0.4, 0.5) is 5.69 Å². The predicted octanol–water partition coefficient (Wildman–Crippen LogP) is 1.86. The summed E-state index contributed by atoms with van der Waals surface area (Å²) in [7, 11) is 0. The van der Waals surface area contributed by atoms with Gasteiger partial charge in [-0.2, -0.15) is 5.26 Å². The number of anilines is 1. The number of nitrogens with one attached hydrogen (secondary N) is 1. The van der Waals surface area contributed by atoms with Gasteiger partial charge < -0.3 is 5.32 Å². The Morgan fingerprint density at radius 2 is 2.00 bits per heavy atom. The van der Waals surface area contributed by atoms with Gasteiger partial charge in [-0.1, -0.05) is 41.1 Å². The van der Waals surface area contributed by atoms with Gasteiger partial charge in [-0.3, -0.25) is 14.2 Å². The van der Waals surface area contributed by atoms with E-state index in [9.17, 15) is 9.59 Å². The van der Waals surface area contributed by atoms with Crippen molar-refractivity contribution >= 4 is 22.8 Å². The van der Waals surface area contributed by atoms with Gasteiger partial charge in [-0.15, -0.1) is 5.10 Å². The van der Waals surface area contributed by atoms with Crippen molar-refractivity contribution in [3.63, 3.8) is 0 Å². The van der Waals surface area contributed by atoms with Crippen LogP contribution in [-0.4, -0.2) is 30.5 Å². The van der Waals surface area contributed by atoms with E-state index in [0.29, 0.717) is 23.4 Å². The lowest BCUT2D eigenvalue weighted by atomic mass is 10.1. The van der Waals surface area contributed by atoms with E-state index in [2.05, 4.69) is 20.6 Å². The summed E-state index contributed by atoms with van der Waals surface area (Å²) in [5.74, 6) is -0.416. The van der Waals surface area contributed by atoms with Gasteiger partial charge in [0, 0.05) is 5.69 Å². The minimum Gasteiger partial charge on any atom is -0.324 e. The minimum absolute atomic E-state index is 0.101. The van der Waals surface area contributed by atoms with E-state index in [0.717, 1.165) is 11.1 Å². The summed E-state index contributed by atoms with van der Waals surface area (Å²) in [5, 5.41) is 19.6. The number of benzene rings is 2. The van der Waals surface area contributed by atoms with Crippen LogP contribution in [0, 0.1) is 18.3 Å². The Bertz CT molecular complexity index is 1330. The highest BCUT2D eigenvalue weighted by atomic mass is 16.2. The Morgan fingerprint density at radius 3 is 2.77 bits per heavy atom. The Morgan fingerprint density at radius 1 is 1.20 bits per heavy atom. The molecule has 1 N–H and O–H groups in total. The first-order valence-electron chi connectivity index (χ1n) is 9.17. The van der Waals surface area contributed by atoms with Gasteiger partial charge in [0.25, 0.3) is 5.56 Å². The molecule has 0 bridgehead atoms. The van der Waals surface area contributed by atoms with E-state index in [-0.39, 0.29) is 12.1 Å². The molecular weight excluding hydrogens is 382 g/mol. The fourth-order valence-corrected chi connectivity index (χ4v) is 2.99. The van der Waals surface area contributed by atoms with Crippen molar-refractivity contribution in [2.24, 2.45) is 0 Å². The van der Waals surface area contributed by atoms with Crippen LogP contribution in [0.3, 0.4) is 0 Å². The normalized spacial score (nSPS) is 10.7. The summed E-state index contributed by atoms with van der Waals surface area (Å²) >= 11 is 0. The standard InChI is InChI=1S/C21H17N7O2/c1-14-5-7-15(8-6-14)11-28-20-19(25-26-28)21(30)27(13-23-20)12-18(29)24-17-4-2-3-16(9-17)10-22/h2-9,13H,11-12H2,1H3,(H,24,29). The molecule has 2 aromatic heterocycles. The smallest absolute Gasteiger partial charge is 0.283 e. The zero-order valence-electron chi connectivity index (χ0n) is 16.1. The molecule has 0 radical (unpaired) electrons. The largest absolute Gasteiger partial charge is 0.324 e. The maximum atomic E-state index is 12.7. The highest BCUT2D eigenvalue weighted by molar-refractivity contribution is 5.90. The Hall–Kier alpha value is -4.32. The fraction of sp³-hybridized carbons (Fsp3) is 0.143. The monoisotopic (exact) mass is 399 g/mol. The van der Waals surface area contributed by atoms with Crippen LogP contribution in [0.15, 0.2) is 59.7 Å². The number of rotatable bonds is 5. The van der Waals surface area contributed by atoms with Gasteiger partial charge in [0.05, 0.1) is 18.2 Å². The maximum Gasteiger partial charge on any atom is 0.283 e. The predicted molar refractivity (Wildman–Crippen MR) is 110 cm³/mol. The molecule has 0 aliphatic heterocycles. The van der Waals surface area contributed by atoms with Crippen molar-refractivity contribution < 1.29 is 4.79 Å². The first kappa shape index (κ1) is 19.0. The van der Waals surface area contributed by atoms with Gasteiger partial charge in [0.1, 0.15) is 12.9 Å². The van der Waals surface area contributed by atoms with Crippen molar-refractivity contribution in [1.82, 2.24) is 24.5 Å². The molecule has 2 aromatic carbocycles. The second kappa shape index (κ2) is 7.97. The van der Waals surface area contributed by atoms with Crippen molar-refractivity contribution in [1.29, 1.82) is 5.26 Å². The number of carbonyl (C=O) groups excluding carboxylic acids is 1. The molecule has 0 unspecified atom stereocenters. The molecule has 0 saturated heterocycles. The second-order valence-corrected chi connectivity index (χ2v) is 6.82. The van der Waals surface area contributed by atoms with E-state index < -0.39 is 11.5 Å². The first-order chi connectivity index (χ1) is 14.5. The highest BCUT2D eigenvalue weighted by Gasteiger charge is 2.14. The number of amides is 1. The van der Waals surface area contributed by atoms with Crippen LogP contribution >= 0.6 is 0 Å².